The molecule has 0 saturated carbocycles. The third kappa shape index (κ3) is 1.31. The molecule has 1 aromatic heterocycles. The van der Waals surface area contributed by atoms with Crippen molar-refractivity contribution in [3.8, 4) is 5.75 Å². The second kappa shape index (κ2) is 2.96. The van der Waals surface area contributed by atoms with Gasteiger partial charge >= 0.3 is 0 Å². The molecule has 1 aromatic rings. The first-order chi connectivity index (χ1) is 4.84. The first-order valence-corrected chi connectivity index (χ1v) is 2.85. The van der Waals surface area contributed by atoms with Crippen LogP contribution in [0, 0.1) is 6.92 Å². The maximum absolute atomic E-state index is 9.88. The SMILES string of the molecule is Cc1ccncc1OC=O. The van der Waals surface area contributed by atoms with Crippen LogP contribution in [0.5, 0.6) is 5.75 Å². The second-order valence-corrected chi connectivity index (χ2v) is 1.86. The number of hydrogen-bond acceptors (Lipinski definition) is 3. The largest absolute Gasteiger partial charge is 0.427 e. The molecule has 52 valence electrons. The number of carbonyl (C=O) groups is 1. The number of rotatable bonds is 2. The Bertz CT molecular complexity index is 235. The number of pyridine rings is 1. The normalized spacial score (nSPS) is 8.90. The summed E-state index contributed by atoms with van der Waals surface area (Å²) in [6, 6.07) is 1.78. The van der Waals surface area contributed by atoms with E-state index < -0.39 is 0 Å². The van der Waals surface area contributed by atoms with E-state index in [4.69, 9.17) is 0 Å². The number of ether oxygens (including phenoxy) is 1. The van der Waals surface area contributed by atoms with Crippen LogP contribution in [0.4, 0.5) is 0 Å². The lowest BCUT2D eigenvalue weighted by atomic mass is 10.3. The van der Waals surface area contributed by atoms with Crippen molar-refractivity contribution in [2.45, 2.75) is 6.92 Å². The highest BCUT2D eigenvalue weighted by Gasteiger charge is 1.94. The monoisotopic (exact) mass is 137 g/mol. The van der Waals surface area contributed by atoms with Gasteiger partial charge in [0.15, 0.2) is 5.75 Å². The summed E-state index contributed by atoms with van der Waals surface area (Å²) < 4.78 is 4.59. The minimum Gasteiger partial charge on any atom is -0.427 e. The second-order valence-electron chi connectivity index (χ2n) is 1.86. The van der Waals surface area contributed by atoms with Crippen LogP contribution in [0.1, 0.15) is 5.56 Å². The number of aromatic nitrogens is 1. The minimum absolute atomic E-state index is 0.393. The van der Waals surface area contributed by atoms with Crippen LogP contribution in [0.25, 0.3) is 0 Å². The van der Waals surface area contributed by atoms with E-state index in [0.717, 1.165) is 5.56 Å². The Morgan fingerprint density at radius 2 is 2.50 bits per heavy atom. The van der Waals surface area contributed by atoms with E-state index in [1.165, 1.54) is 6.20 Å². The topological polar surface area (TPSA) is 39.2 Å². The summed E-state index contributed by atoms with van der Waals surface area (Å²) in [6.45, 7) is 2.24. The number of hydrogen-bond donors (Lipinski definition) is 0. The van der Waals surface area contributed by atoms with Crippen molar-refractivity contribution in [3.05, 3.63) is 24.0 Å². The van der Waals surface area contributed by atoms with Crippen molar-refractivity contribution >= 4 is 6.47 Å². The molecule has 1 rings (SSSR count). The lowest BCUT2D eigenvalue weighted by Gasteiger charge is -1.98. The highest BCUT2D eigenvalue weighted by atomic mass is 16.5. The van der Waals surface area contributed by atoms with Gasteiger partial charge in [-0.15, -0.1) is 0 Å². The molecule has 0 spiro atoms. The average Bonchev–Trinajstić information content (AvgIpc) is 1.94. The molecule has 3 heteroatoms. The van der Waals surface area contributed by atoms with E-state index in [2.05, 4.69) is 9.72 Å². The van der Waals surface area contributed by atoms with Crippen molar-refractivity contribution in [2.24, 2.45) is 0 Å². The van der Waals surface area contributed by atoms with Gasteiger partial charge in [0.1, 0.15) is 0 Å². The summed E-state index contributed by atoms with van der Waals surface area (Å²) in [4.78, 5) is 13.7. The highest BCUT2D eigenvalue weighted by Crippen LogP contribution is 2.12. The Labute approximate surface area is 58.7 Å². The zero-order valence-electron chi connectivity index (χ0n) is 5.57. The van der Waals surface area contributed by atoms with Crippen LogP contribution in [0.15, 0.2) is 18.5 Å². The summed E-state index contributed by atoms with van der Waals surface area (Å²) in [5.74, 6) is 0.512. The highest BCUT2D eigenvalue weighted by molar-refractivity contribution is 5.46. The van der Waals surface area contributed by atoms with Gasteiger partial charge in [0.05, 0.1) is 6.20 Å². The Kier molecular flexibility index (Phi) is 1.99. The standard InChI is InChI=1S/C7H7NO2/c1-6-2-3-8-4-7(6)10-5-9/h2-5H,1H3. The van der Waals surface area contributed by atoms with E-state index in [0.29, 0.717) is 12.2 Å². The minimum atomic E-state index is 0.393. The predicted octanol–water partition coefficient (Wildman–Crippen LogP) is 0.925. The summed E-state index contributed by atoms with van der Waals surface area (Å²) in [5.41, 5.74) is 0.905. The van der Waals surface area contributed by atoms with Gasteiger partial charge in [0, 0.05) is 6.20 Å². The maximum atomic E-state index is 9.88. The van der Waals surface area contributed by atoms with Gasteiger partial charge in [-0.25, -0.2) is 0 Å². The molecular formula is C7H7NO2. The quantitative estimate of drug-likeness (QED) is 0.569. The van der Waals surface area contributed by atoms with Gasteiger partial charge < -0.3 is 4.74 Å². The number of nitrogens with zero attached hydrogens (tertiary/aromatic N) is 1. The fraction of sp³-hybridized carbons (Fsp3) is 0.143. The van der Waals surface area contributed by atoms with Crippen molar-refractivity contribution in [2.75, 3.05) is 0 Å². The fourth-order valence-corrected chi connectivity index (χ4v) is 0.625. The summed E-state index contributed by atoms with van der Waals surface area (Å²) >= 11 is 0. The van der Waals surface area contributed by atoms with Gasteiger partial charge in [-0.05, 0) is 18.6 Å². The zero-order valence-corrected chi connectivity index (χ0v) is 5.57. The third-order valence-corrected chi connectivity index (χ3v) is 1.17. The lowest BCUT2D eigenvalue weighted by molar-refractivity contribution is -0.120. The van der Waals surface area contributed by atoms with Crippen molar-refractivity contribution in [1.29, 1.82) is 0 Å². The van der Waals surface area contributed by atoms with Crippen LogP contribution in [0.3, 0.4) is 0 Å². The van der Waals surface area contributed by atoms with Crippen LogP contribution in [-0.2, 0) is 4.79 Å². The maximum Gasteiger partial charge on any atom is 0.298 e. The molecular weight excluding hydrogens is 130 g/mol. The molecule has 0 N–H and O–H groups in total. The van der Waals surface area contributed by atoms with Gasteiger partial charge in [0.2, 0.25) is 0 Å². The van der Waals surface area contributed by atoms with E-state index in [9.17, 15) is 4.79 Å². The molecule has 0 unspecified atom stereocenters. The van der Waals surface area contributed by atoms with Gasteiger partial charge in [-0.2, -0.15) is 0 Å². The number of carbonyl (C=O) groups excluding carboxylic acids is 1. The molecule has 1 heterocycles. The molecule has 0 aliphatic rings. The molecule has 0 atom stereocenters. The summed E-state index contributed by atoms with van der Waals surface area (Å²) in [7, 11) is 0. The van der Waals surface area contributed by atoms with Crippen molar-refractivity contribution in [1.82, 2.24) is 4.98 Å². The van der Waals surface area contributed by atoms with Gasteiger partial charge in [-0.1, -0.05) is 0 Å². The van der Waals surface area contributed by atoms with Crippen molar-refractivity contribution < 1.29 is 9.53 Å². The van der Waals surface area contributed by atoms with Crippen LogP contribution in [-0.4, -0.2) is 11.5 Å². The van der Waals surface area contributed by atoms with E-state index in [1.54, 1.807) is 12.3 Å². The van der Waals surface area contributed by atoms with E-state index in [1.807, 2.05) is 6.92 Å². The summed E-state index contributed by atoms with van der Waals surface area (Å²) in [6.07, 6.45) is 3.15. The third-order valence-electron chi connectivity index (χ3n) is 1.17. The molecule has 0 saturated heterocycles. The molecule has 0 radical (unpaired) electrons. The van der Waals surface area contributed by atoms with Gasteiger partial charge in [-0.3, -0.25) is 9.78 Å². The number of aryl methyl sites for hydroxylation is 1. The van der Waals surface area contributed by atoms with Crippen molar-refractivity contribution in [3.63, 3.8) is 0 Å². The molecule has 0 aromatic carbocycles. The average molecular weight is 137 g/mol. The Hall–Kier alpha value is -1.38. The predicted molar refractivity (Wildman–Crippen MR) is 35.7 cm³/mol. The van der Waals surface area contributed by atoms with Crippen LogP contribution >= 0.6 is 0 Å². The van der Waals surface area contributed by atoms with E-state index >= 15 is 0 Å². The smallest absolute Gasteiger partial charge is 0.298 e. The van der Waals surface area contributed by atoms with Crippen LogP contribution in [0.2, 0.25) is 0 Å². The molecule has 3 nitrogen and oxygen atoms in total. The summed E-state index contributed by atoms with van der Waals surface area (Å²) in [5, 5.41) is 0. The first-order valence-electron chi connectivity index (χ1n) is 2.85. The first kappa shape index (κ1) is 6.74. The molecule has 0 aliphatic carbocycles. The zero-order chi connectivity index (χ0) is 7.40. The molecule has 0 bridgehead atoms. The lowest BCUT2D eigenvalue weighted by Crippen LogP contribution is -1.91. The fourth-order valence-electron chi connectivity index (χ4n) is 0.625. The van der Waals surface area contributed by atoms with E-state index in [-0.39, 0.29) is 0 Å². The molecule has 10 heavy (non-hydrogen) atoms. The molecule has 0 fully saturated rings. The van der Waals surface area contributed by atoms with Gasteiger partial charge in [0.25, 0.3) is 6.47 Å². The van der Waals surface area contributed by atoms with Crippen LogP contribution < -0.4 is 4.74 Å². The molecule has 0 aliphatic heterocycles. The Balaban J connectivity index is 2.91. The molecule has 0 amide bonds. The Morgan fingerprint density at radius 1 is 1.70 bits per heavy atom. The Morgan fingerprint density at radius 3 is 3.10 bits per heavy atom.